The fraction of sp³-hybridized carbons (Fsp3) is 0.889. The lowest BCUT2D eigenvalue weighted by Crippen LogP contribution is -2.43. The highest BCUT2D eigenvalue weighted by atomic mass is 16.4. The Hall–Kier alpha value is -0.570. The molecule has 0 rings (SSSR count). The van der Waals surface area contributed by atoms with Crippen molar-refractivity contribution >= 4 is 5.97 Å². The summed E-state index contributed by atoms with van der Waals surface area (Å²) in [4.78, 5) is 10.5. The van der Waals surface area contributed by atoms with Crippen LogP contribution in [0, 0.1) is 0 Å². The molecule has 12 heavy (non-hydrogen) atoms. The van der Waals surface area contributed by atoms with Gasteiger partial charge in [0.25, 0.3) is 0 Å². The molecule has 0 fully saturated rings. The van der Waals surface area contributed by atoms with Crippen molar-refractivity contribution in [3.8, 4) is 0 Å². The van der Waals surface area contributed by atoms with Crippen LogP contribution in [0.5, 0.6) is 0 Å². The van der Waals surface area contributed by atoms with Crippen LogP contribution in [0.4, 0.5) is 0 Å². The predicted octanol–water partition coefficient (Wildman–Crippen LogP) is 1.63. The monoisotopic (exact) mass is 173 g/mol. The maximum atomic E-state index is 10.5. The van der Waals surface area contributed by atoms with Gasteiger partial charge in [0.1, 0.15) is 0 Å². The number of hydrogen-bond acceptors (Lipinski definition) is 2. The fourth-order valence-electron chi connectivity index (χ4n) is 1.55. The summed E-state index contributed by atoms with van der Waals surface area (Å²) in [5, 5.41) is 11.9. The normalized spacial score (nSPS) is 15.6. The quantitative estimate of drug-likeness (QED) is 0.642. The second-order valence-corrected chi connectivity index (χ2v) is 3.41. The van der Waals surface area contributed by atoms with Crippen molar-refractivity contribution in [2.24, 2.45) is 0 Å². The van der Waals surface area contributed by atoms with Crippen LogP contribution < -0.4 is 5.32 Å². The smallest absolute Gasteiger partial charge is 0.305 e. The summed E-state index contributed by atoms with van der Waals surface area (Å²) in [6.07, 6.45) is 2.12. The van der Waals surface area contributed by atoms with E-state index in [9.17, 15) is 4.79 Å². The van der Waals surface area contributed by atoms with Crippen LogP contribution in [0.2, 0.25) is 0 Å². The van der Waals surface area contributed by atoms with Crippen LogP contribution in [0.15, 0.2) is 0 Å². The molecule has 0 aromatic rings. The Bertz CT molecular complexity index is 139. The first-order chi connectivity index (χ1) is 5.54. The van der Waals surface area contributed by atoms with Gasteiger partial charge in [0, 0.05) is 5.54 Å². The Kier molecular flexibility index (Phi) is 4.90. The molecule has 0 aromatic heterocycles. The lowest BCUT2D eigenvalue weighted by molar-refractivity contribution is -0.138. The van der Waals surface area contributed by atoms with Gasteiger partial charge in [-0.05, 0) is 19.9 Å². The van der Waals surface area contributed by atoms with Crippen LogP contribution in [0.1, 0.15) is 40.0 Å². The maximum Gasteiger partial charge on any atom is 0.305 e. The maximum absolute atomic E-state index is 10.5. The SMILES string of the molecule is CCCC(C)(CC(=O)O)NCC. The summed E-state index contributed by atoms with van der Waals surface area (Å²) in [6.45, 7) is 6.85. The zero-order valence-corrected chi connectivity index (χ0v) is 8.18. The van der Waals surface area contributed by atoms with Crippen LogP contribution >= 0.6 is 0 Å². The van der Waals surface area contributed by atoms with E-state index in [1.165, 1.54) is 0 Å². The highest BCUT2D eigenvalue weighted by molar-refractivity contribution is 5.68. The van der Waals surface area contributed by atoms with E-state index in [0.29, 0.717) is 0 Å². The molecule has 0 aliphatic heterocycles. The zero-order chi connectivity index (χ0) is 9.61. The molecule has 1 unspecified atom stereocenters. The number of carboxylic acids is 1. The third-order valence-corrected chi connectivity index (χ3v) is 1.95. The molecule has 0 aliphatic carbocycles. The van der Waals surface area contributed by atoms with E-state index < -0.39 is 5.97 Å². The molecule has 3 nitrogen and oxygen atoms in total. The first-order valence-electron chi connectivity index (χ1n) is 4.51. The third kappa shape index (κ3) is 4.34. The van der Waals surface area contributed by atoms with Crippen molar-refractivity contribution in [2.45, 2.75) is 45.6 Å². The van der Waals surface area contributed by atoms with Gasteiger partial charge in [0.15, 0.2) is 0 Å². The summed E-state index contributed by atoms with van der Waals surface area (Å²) in [5.74, 6) is -0.730. The Morgan fingerprint density at radius 3 is 2.42 bits per heavy atom. The van der Waals surface area contributed by atoms with Gasteiger partial charge < -0.3 is 10.4 Å². The highest BCUT2D eigenvalue weighted by Gasteiger charge is 2.24. The molecule has 0 saturated carbocycles. The second kappa shape index (κ2) is 5.14. The molecule has 0 saturated heterocycles. The standard InChI is InChI=1S/C9H19NO2/c1-4-6-9(3,10-5-2)7-8(11)12/h10H,4-7H2,1-3H3,(H,11,12). The van der Waals surface area contributed by atoms with Crippen molar-refractivity contribution in [3.05, 3.63) is 0 Å². The van der Waals surface area contributed by atoms with E-state index in [-0.39, 0.29) is 12.0 Å². The molecule has 0 aliphatic rings. The molecule has 72 valence electrons. The zero-order valence-electron chi connectivity index (χ0n) is 8.18. The number of hydrogen-bond donors (Lipinski definition) is 2. The van der Waals surface area contributed by atoms with Gasteiger partial charge in [-0.2, -0.15) is 0 Å². The summed E-state index contributed by atoms with van der Waals surface area (Å²) in [7, 11) is 0. The topological polar surface area (TPSA) is 49.3 Å². The Labute approximate surface area is 74.2 Å². The molecular formula is C9H19NO2. The predicted molar refractivity (Wildman–Crippen MR) is 49.2 cm³/mol. The molecule has 0 spiro atoms. The Morgan fingerprint density at radius 1 is 1.50 bits per heavy atom. The highest BCUT2D eigenvalue weighted by Crippen LogP contribution is 2.16. The van der Waals surface area contributed by atoms with Crippen LogP contribution in [0.3, 0.4) is 0 Å². The molecule has 0 heterocycles. The van der Waals surface area contributed by atoms with Crippen LogP contribution in [-0.2, 0) is 4.79 Å². The first-order valence-corrected chi connectivity index (χ1v) is 4.51. The minimum absolute atomic E-state index is 0.203. The van der Waals surface area contributed by atoms with Gasteiger partial charge in [-0.25, -0.2) is 0 Å². The van der Waals surface area contributed by atoms with Gasteiger partial charge in [-0.3, -0.25) is 4.79 Å². The third-order valence-electron chi connectivity index (χ3n) is 1.95. The van der Waals surface area contributed by atoms with E-state index in [1.54, 1.807) is 0 Å². The molecule has 0 aromatic carbocycles. The van der Waals surface area contributed by atoms with Crippen LogP contribution in [-0.4, -0.2) is 23.2 Å². The van der Waals surface area contributed by atoms with Crippen molar-refractivity contribution < 1.29 is 9.90 Å². The van der Waals surface area contributed by atoms with Gasteiger partial charge in [-0.1, -0.05) is 20.3 Å². The number of aliphatic carboxylic acids is 1. The first kappa shape index (κ1) is 11.4. The van der Waals surface area contributed by atoms with Crippen molar-refractivity contribution in [2.75, 3.05) is 6.54 Å². The molecule has 0 bridgehead atoms. The van der Waals surface area contributed by atoms with Gasteiger partial charge in [-0.15, -0.1) is 0 Å². The van der Waals surface area contributed by atoms with Crippen molar-refractivity contribution in [3.63, 3.8) is 0 Å². The van der Waals surface area contributed by atoms with E-state index in [2.05, 4.69) is 12.2 Å². The molecule has 0 amide bonds. The average molecular weight is 173 g/mol. The largest absolute Gasteiger partial charge is 0.481 e. The second-order valence-electron chi connectivity index (χ2n) is 3.41. The van der Waals surface area contributed by atoms with Crippen molar-refractivity contribution in [1.82, 2.24) is 5.32 Å². The number of carbonyl (C=O) groups is 1. The molecular weight excluding hydrogens is 154 g/mol. The summed E-state index contributed by atoms with van der Waals surface area (Å²) in [5.41, 5.74) is -0.227. The number of nitrogens with one attached hydrogen (secondary N) is 1. The van der Waals surface area contributed by atoms with Gasteiger partial charge in [0.2, 0.25) is 0 Å². The Balaban J connectivity index is 4.07. The minimum Gasteiger partial charge on any atom is -0.481 e. The number of rotatable bonds is 6. The molecule has 0 radical (unpaired) electrons. The van der Waals surface area contributed by atoms with Gasteiger partial charge in [0.05, 0.1) is 6.42 Å². The summed E-state index contributed by atoms with van der Waals surface area (Å²) < 4.78 is 0. The Morgan fingerprint density at radius 2 is 2.08 bits per heavy atom. The van der Waals surface area contributed by atoms with Gasteiger partial charge >= 0.3 is 5.97 Å². The fourth-order valence-corrected chi connectivity index (χ4v) is 1.55. The molecule has 3 heteroatoms. The van der Waals surface area contributed by atoms with Crippen molar-refractivity contribution in [1.29, 1.82) is 0 Å². The molecule has 2 N–H and O–H groups in total. The number of carboxylic acid groups (broad SMARTS) is 1. The lowest BCUT2D eigenvalue weighted by atomic mass is 9.92. The van der Waals surface area contributed by atoms with E-state index in [0.717, 1.165) is 19.4 Å². The lowest BCUT2D eigenvalue weighted by Gasteiger charge is -2.28. The van der Waals surface area contributed by atoms with Crippen LogP contribution in [0.25, 0.3) is 0 Å². The summed E-state index contributed by atoms with van der Waals surface area (Å²) >= 11 is 0. The van der Waals surface area contributed by atoms with E-state index in [1.807, 2.05) is 13.8 Å². The van der Waals surface area contributed by atoms with E-state index in [4.69, 9.17) is 5.11 Å². The average Bonchev–Trinajstić information content (AvgIpc) is 1.85. The summed E-state index contributed by atoms with van der Waals surface area (Å²) in [6, 6.07) is 0. The molecule has 1 atom stereocenters. The minimum atomic E-state index is -0.730. The van der Waals surface area contributed by atoms with E-state index >= 15 is 0 Å².